The van der Waals surface area contributed by atoms with Crippen molar-refractivity contribution < 1.29 is 27.6 Å². The van der Waals surface area contributed by atoms with E-state index in [9.17, 15) is 27.6 Å². The zero-order chi connectivity index (χ0) is 27.4. The Hall–Kier alpha value is -3.89. The van der Waals surface area contributed by atoms with Crippen LogP contribution in [-0.4, -0.2) is 48.9 Å². The van der Waals surface area contributed by atoms with Crippen molar-refractivity contribution >= 4 is 34.8 Å². The Morgan fingerprint density at radius 1 is 1.13 bits per heavy atom. The quantitative estimate of drug-likeness (QED) is 0.460. The van der Waals surface area contributed by atoms with Crippen LogP contribution in [0, 0.1) is 11.8 Å². The van der Waals surface area contributed by atoms with Crippen LogP contribution in [-0.2, 0) is 14.4 Å². The molecule has 0 saturated heterocycles. The average Bonchev–Trinajstić information content (AvgIpc) is 3.00. The Balaban J connectivity index is 1.74. The number of benzene rings is 2. The van der Waals surface area contributed by atoms with Crippen molar-refractivity contribution in [3.63, 3.8) is 0 Å². The third-order valence-electron chi connectivity index (χ3n) is 6.82. The Labute approximate surface area is 218 Å². The number of nitrogens with zero attached hydrogens (tertiary/aromatic N) is 2. The van der Waals surface area contributed by atoms with E-state index in [1.165, 1.54) is 4.90 Å². The number of hydrogen-bond donors (Lipinski definition) is 3. The summed E-state index contributed by atoms with van der Waals surface area (Å²) >= 11 is 0. The molecule has 0 spiro atoms. The lowest BCUT2D eigenvalue weighted by atomic mass is 9.83. The molecular weight excluding hydrogens is 499 g/mol. The fraction of sp³-hybridized carbons (Fsp3) is 0.407. The highest BCUT2D eigenvalue weighted by molar-refractivity contribution is 6.22. The molecule has 3 amide bonds. The number of aliphatic imine (C=N–C) groups is 1. The molecule has 0 unspecified atom stereocenters. The number of primary amides is 1. The van der Waals surface area contributed by atoms with E-state index >= 15 is 0 Å². The van der Waals surface area contributed by atoms with Gasteiger partial charge in [-0.15, -0.1) is 0 Å². The number of para-hydroxylation sites is 1. The second kappa shape index (κ2) is 11.2. The van der Waals surface area contributed by atoms with Gasteiger partial charge in [0.05, 0.1) is 17.1 Å². The van der Waals surface area contributed by atoms with Crippen LogP contribution in [0.25, 0.3) is 0 Å². The van der Waals surface area contributed by atoms with E-state index in [1.54, 1.807) is 6.92 Å². The van der Waals surface area contributed by atoms with Crippen molar-refractivity contribution in [3.8, 4) is 0 Å². The van der Waals surface area contributed by atoms with Crippen molar-refractivity contribution in [1.82, 2.24) is 5.32 Å². The SMILES string of the molecule is CCC[C@H](C(N)=O)[C@@H](CCC(F)(F)F)C(=O)N[C@H]1N=C(c2ccccc2)c2cccc3c2N(CCN3)C1=O. The van der Waals surface area contributed by atoms with Crippen molar-refractivity contribution in [3.05, 3.63) is 59.7 Å². The molecule has 0 radical (unpaired) electrons. The lowest BCUT2D eigenvalue weighted by Crippen LogP contribution is -2.52. The molecule has 2 aromatic rings. The molecule has 0 aromatic heterocycles. The maximum Gasteiger partial charge on any atom is 0.389 e. The Morgan fingerprint density at radius 2 is 1.87 bits per heavy atom. The molecule has 38 heavy (non-hydrogen) atoms. The van der Waals surface area contributed by atoms with E-state index < -0.39 is 54.7 Å². The van der Waals surface area contributed by atoms with Crippen LogP contribution in [0.5, 0.6) is 0 Å². The molecule has 0 aliphatic carbocycles. The van der Waals surface area contributed by atoms with Crippen LogP contribution < -0.4 is 21.3 Å². The van der Waals surface area contributed by atoms with Gasteiger partial charge in [0.15, 0.2) is 0 Å². The summed E-state index contributed by atoms with van der Waals surface area (Å²) in [4.78, 5) is 45.5. The van der Waals surface area contributed by atoms with Gasteiger partial charge in [0.2, 0.25) is 18.0 Å². The van der Waals surface area contributed by atoms with Gasteiger partial charge >= 0.3 is 6.18 Å². The minimum absolute atomic E-state index is 0.148. The second-order valence-electron chi connectivity index (χ2n) is 9.43. The number of rotatable bonds is 9. The molecule has 11 heteroatoms. The van der Waals surface area contributed by atoms with Crippen molar-refractivity contribution in [2.24, 2.45) is 22.6 Å². The minimum Gasteiger partial charge on any atom is -0.382 e. The molecule has 2 aromatic carbocycles. The highest BCUT2D eigenvalue weighted by Gasteiger charge is 2.40. The van der Waals surface area contributed by atoms with E-state index in [4.69, 9.17) is 5.73 Å². The first-order chi connectivity index (χ1) is 18.1. The molecule has 0 saturated carbocycles. The van der Waals surface area contributed by atoms with Gasteiger partial charge in [-0.1, -0.05) is 55.8 Å². The van der Waals surface area contributed by atoms with Gasteiger partial charge in [0.1, 0.15) is 0 Å². The van der Waals surface area contributed by atoms with Crippen molar-refractivity contribution in [1.29, 1.82) is 0 Å². The van der Waals surface area contributed by atoms with E-state index in [-0.39, 0.29) is 6.42 Å². The van der Waals surface area contributed by atoms with E-state index in [1.807, 2.05) is 48.5 Å². The Kier molecular flexibility index (Phi) is 8.03. The Morgan fingerprint density at radius 3 is 2.53 bits per heavy atom. The first-order valence-electron chi connectivity index (χ1n) is 12.6. The molecule has 0 fully saturated rings. The maximum absolute atomic E-state index is 13.7. The fourth-order valence-electron chi connectivity index (χ4n) is 5.05. The summed E-state index contributed by atoms with van der Waals surface area (Å²) in [7, 11) is 0. The first-order valence-corrected chi connectivity index (χ1v) is 12.6. The second-order valence-corrected chi connectivity index (χ2v) is 9.43. The molecule has 2 aliphatic heterocycles. The van der Waals surface area contributed by atoms with Crippen LogP contribution in [0.2, 0.25) is 0 Å². The van der Waals surface area contributed by atoms with Crippen molar-refractivity contribution in [2.45, 2.75) is 44.9 Å². The fourth-order valence-corrected chi connectivity index (χ4v) is 5.05. The number of carbonyl (C=O) groups excluding carboxylic acids is 3. The predicted octanol–water partition coefficient (Wildman–Crippen LogP) is 3.60. The van der Waals surface area contributed by atoms with Gasteiger partial charge in [0, 0.05) is 42.5 Å². The number of carbonyl (C=O) groups is 3. The number of anilines is 2. The zero-order valence-corrected chi connectivity index (χ0v) is 20.9. The lowest BCUT2D eigenvalue weighted by molar-refractivity contribution is -0.146. The van der Waals surface area contributed by atoms with Crippen molar-refractivity contribution in [2.75, 3.05) is 23.3 Å². The minimum atomic E-state index is -4.53. The predicted molar refractivity (Wildman–Crippen MR) is 138 cm³/mol. The summed E-state index contributed by atoms with van der Waals surface area (Å²) in [5.74, 6) is -4.69. The van der Waals surface area contributed by atoms with Gasteiger partial charge in [-0.2, -0.15) is 13.2 Å². The van der Waals surface area contributed by atoms with E-state index in [0.717, 1.165) is 5.69 Å². The van der Waals surface area contributed by atoms with Gasteiger partial charge in [-0.25, -0.2) is 4.99 Å². The van der Waals surface area contributed by atoms with Crippen LogP contribution in [0.3, 0.4) is 0 Å². The van der Waals surface area contributed by atoms with Gasteiger partial charge < -0.3 is 21.3 Å². The standard InChI is InChI=1S/C27H30F3N5O3/c1-2-7-17(23(31)36)18(12-13-27(28,29)30)25(37)34-24-26(38)35-15-14-32-20-11-6-10-19(22(20)35)21(33-24)16-8-4-3-5-9-16/h3-6,8-11,17-18,24,32H,2,7,12-15H2,1H3,(H2,31,36)(H,34,37)/t17-,18+,24+/m0/s1. The largest absolute Gasteiger partial charge is 0.389 e. The summed E-state index contributed by atoms with van der Waals surface area (Å²) < 4.78 is 39.3. The van der Waals surface area contributed by atoms with Gasteiger partial charge in [-0.3, -0.25) is 14.4 Å². The monoisotopic (exact) mass is 529 g/mol. The third kappa shape index (κ3) is 5.81. The molecule has 202 valence electrons. The van der Waals surface area contributed by atoms with E-state index in [0.29, 0.717) is 42.0 Å². The molecular formula is C27H30F3N5O3. The lowest BCUT2D eigenvalue weighted by Gasteiger charge is -2.32. The van der Waals surface area contributed by atoms with Crippen LogP contribution >= 0.6 is 0 Å². The molecule has 8 nitrogen and oxygen atoms in total. The normalized spacial score (nSPS) is 18.4. The summed E-state index contributed by atoms with van der Waals surface area (Å²) in [6.07, 6.45) is -7.22. The zero-order valence-electron chi connectivity index (χ0n) is 20.9. The molecule has 2 aliphatic rings. The Bertz CT molecular complexity index is 1230. The smallest absolute Gasteiger partial charge is 0.382 e. The highest BCUT2D eigenvalue weighted by Crippen LogP contribution is 2.37. The summed E-state index contributed by atoms with van der Waals surface area (Å²) in [6, 6.07) is 14.6. The number of nitrogens with two attached hydrogens (primary N) is 1. The molecule has 0 bridgehead atoms. The van der Waals surface area contributed by atoms with E-state index in [2.05, 4.69) is 15.6 Å². The highest BCUT2D eigenvalue weighted by atomic mass is 19.4. The number of nitrogens with one attached hydrogen (secondary N) is 2. The maximum atomic E-state index is 13.7. The number of alkyl halides is 3. The molecule has 3 atom stereocenters. The summed E-state index contributed by atoms with van der Waals surface area (Å²) in [5.41, 5.74) is 8.70. The van der Waals surface area contributed by atoms with Crippen LogP contribution in [0.15, 0.2) is 53.5 Å². The number of hydrogen-bond acceptors (Lipinski definition) is 5. The first kappa shape index (κ1) is 27.2. The summed E-state index contributed by atoms with van der Waals surface area (Å²) in [5, 5.41) is 5.84. The molecule has 4 N–H and O–H groups in total. The van der Waals surface area contributed by atoms with Gasteiger partial charge in [-0.05, 0) is 18.9 Å². The number of halogens is 3. The molecule has 2 heterocycles. The average molecular weight is 530 g/mol. The van der Waals surface area contributed by atoms with Crippen LogP contribution in [0.1, 0.15) is 43.7 Å². The molecule has 4 rings (SSSR count). The topological polar surface area (TPSA) is 117 Å². The van der Waals surface area contributed by atoms with Crippen LogP contribution in [0.4, 0.5) is 24.5 Å². The van der Waals surface area contributed by atoms with Gasteiger partial charge in [0.25, 0.3) is 5.91 Å². The third-order valence-corrected chi connectivity index (χ3v) is 6.82. The summed E-state index contributed by atoms with van der Waals surface area (Å²) in [6.45, 7) is 2.53. The number of amides is 3.